The molecule has 3 amide bonds. The maximum Gasteiger partial charge on any atom is 0.313 e. The van der Waals surface area contributed by atoms with Crippen LogP contribution in [0.3, 0.4) is 0 Å². The normalized spacial score (nSPS) is 11.7. The van der Waals surface area contributed by atoms with Crippen LogP contribution in [0, 0.1) is 6.92 Å². The molecular weight excluding hydrogens is 258 g/mol. The number of primary amides is 1. The zero-order valence-corrected chi connectivity index (χ0v) is 10.9. The number of amides is 3. The molecule has 1 unspecified atom stereocenters. The second-order valence-corrected chi connectivity index (χ2v) is 4.27. The average molecular weight is 273 g/mol. The fourth-order valence-corrected chi connectivity index (χ4v) is 1.76. The molecule has 5 N–H and O–H groups in total. The molecule has 1 aromatic heterocycles. The number of nitrogens with two attached hydrogens (primary N) is 1. The maximum atomic E-state index is 12.3. The van der Waals surface area contributed by atoms with E-state index in [0.717, 1.165) is 5.56 Å². The number of H-pyrrole nitrogens is 1. The Morgan fingerprint density at radius 2 is 2.00 bits per heavy atom. The predicted molar refractivity (Wildman–Crippen MR) is 73.9 cm³/mol. The fourth-order valence-electron chi connectivity index (χ4n) is 1.76. The summed E-state index contributed by atoms with van der Waals surface area (Å²) in [5.41, 5.74) is 6.56. The van der Waals surface area contributed by atoms with Gasteiger partial charge < -0.3 is 16.4 Å². The Morgan fingerprint density at radius 3 is 2.55 bits per heavy atom. The van der Waals surface area contributed by atoms with Crippen molar-refractivity contribution in [3.8, 4) is 0 Å². The highest BCUT2D eigenvalue weighted by molar-refractivity contribution is 5.97. The molecule has 0 aliphatic heterocycles. The molecule has 0 bridgehead atoms. The van der Waals surface area contributed by atoms with Crippen LogP contribution in [-0.2, 0) is 4.79 Å². The van der Waals surface area contributed by atoms with Crippen LogP contribution in [0.15, 0.2) is 36.5 Å². The highest BCUT2D eigenvalue weighted by atomic mass is 16.2. The molecule has 0 saturated heterocycles. The van der Waals surface area contributed by atoms with Gasteiger partial charge in [0.2, 0.25) is 0 Å². The number of rotatable bonds is 4. The lowest BCUT2D eigenvalue weighted by atomic mass is 10.1. The Morgan fingerprint density at radius 1 is 1.30 bits per heavy atom. The standard InChI is InChI=1S/C13H15N5O2/c1-8-7-15-18-11(8)17-12(19)10(16-13(14)20)9-5-3-2-4-6-9/h2-7,10H,1H3,(H3,14,16,20)(H2,15,17,18,19). The third-order valence-corrected chi connectivity index (χ3v) is 2.76. The van der Waals surface area contributed by atoms with Gasteiger partial charge in [-0.05, 0) is 12.5 Å². The molecule has 1 heterocycles. The fraction of sp³-hybridized carbons (Fsp3) is 0.154. The summed E-state index contributed by atoms with van der Waals surface area (Å²) in [5, 5.41) is 11.6. The van der Waals surface area contributed by atoms with Crippen LogP contribution in [0.1, 0.15) is 17.2 Å². The summed E-state index contributed by atoms with van der Waals surface area (Å²) in [6, 6.07) is 7.22. The van der Waals surface area contributed by atoms with Gasteiger partial charge in [0.1, 0.15) is 11.9 Å². The van der Waals surface area contributed by atoms with Crippen molar-refractivity contribution in [3.63, 3.8) is 0 Å². The third-order valence-electron chi connectivity index (χ3n) is 2.76. The molecule has 7 heteroatoms. The lowest BCUT2D eigenvalue weighted by Crippen LogP contribution is -2.39. The zero-order valence-electron chi connectivity index (χ0n) is 10.9. The molecule has 0 radical (unpaired) electrons. The molecule has 104 valence electrons. The maximum absolute atomic E-state index is 12.3. The Bertz CT molecular complexity index is 608. The number of hydrogen-bond acceptors (Lipinski definition) is 3. The monoisotopic (exact) mass is 273 g/mol. The van der Waals surface area contributed by atoms with Gasteiger partial charge in [0.05, 0.1) is 6.20 Å². The van der Waals surface area contributed by atoms with Crippen molar-refractivity contribution in [2.75, 3.05) is 5.32 Å². The van der Waals surface area contributed by atoms with E-state index < -0.39 is 18.0 Å². The van der Waals surface area contributed by atoms with Gasteiger partial charge in [-0.25, -0.2) is 4.79 Å². The highest BCUT2D eigenvalue weighted by Gasteiger charge is 2.22. The molecule has 1 atom stereocenters. The van der Waals surface area contributed by atoms with E-state index in [9.17, 15) is 9.59 Å². The molecule has 0 aliphatic rings. The van der Waals surface area contributed by atoms with Crippen LogP contribution in [0.2, 0.25) is 0 Å². The number of urea groups is 1. The first-order valence-corrected chi connectivity index (χ1v) is 5.99. The van der Waals surface area contributed by atoms with E-state index in [2.05, 4.69) is 20.8 Å². The van der Waals surface area contributed by atoms with Crippen LogP contribution in [-0.4, -0.2) is 22.1 Å². The van der Waals surface area contributed by atoms with Gasteiger partial charge in [0.15, 0.2) is 0 Å². The molecule has 2 aromatic rings. The summed E-state index contributed by atoms with van der Waals surface area (Å²) in [4.78, 5) is 23.3. The number of aromatic nitrogens is 2. The van der Waals surface area contributed by atoms with Crippen molar-refractivity contribution in [2.45, 2.75) is 13.0 Å². The van der Waals surface area contributed by atoms with Crippen molar-refractivity contribution >= 4 is 17.8 Å². The van der Waals surface area contributed by atoms with E-state index >= 15 is 0 Å². The predicted octanol–water partition coefficient (Wildman–Crippen LogP) is 1.07. The van der Waals surface area contributed by atoms with Crippen LogP contribution in [0.25, 0.3) is 0 Å². The minimum absolute atomic E-state index is 0.401. The average Bonchev–Trinajstić information content (AvgIpc) is 2.82. The van der Waals surface area contributed by atoms with Crippen LogP contribution in [0.4, 0.5) is 10.6 Å². The molecule has 1 aromatic carbocycles. The first kappa shape index (κ1) is 13.6. The topological polar surface area (TPSA) is 113 Å². The minimum Gasteiger partial charge on any atom is -0.352 e. The van der Waals surface area contributed by atoms with E-state index in [1.54, 1.807) is 37.4 Å². The van der Waals surface area contributed by atoms with Crippen LogP contribution >= 0.6 is 0 Å². The van der Waals surface area contributed by atoms with E-state index in [-0.39, 0.29) is 0 Å². The SMILES string of the molecule is Cc1cn[nH]c1NC(=O)C(NC(N)=O)c1ccccc1. The second-order valence-electron chi connectivity index (χ2n) is 4.27. The van der Waals surface area contributed by atoms with E-state index in [0.29, 0.717) is 11.4 Å². The molecule has 2 rings (SSSR count). The van der Waals surface area contributed by atoms with Gasteiger partial charge in [-0.3, -0.25) is 9.89 Å². The van der Waals surface area contributed by atoms with Crippen molar-refractivity contribution in [1.29, 1.82) is 0 Å². The second kappa shape index (κ2) is 5.87. The smallest absolute Gasteiger partial charge is 0.313 e. The Hall–Kier alpha value is -2.83. The molecule has 7 nitrogen and oxygen atoms in total. The van der Waals surface area contributed by atoms with Gasteiger partial charge in [-0.15, -0.1) is 0 Å². The highest BCUT2D eigenvalue weighted by Crippen LogP contribution is 2.16. The summed E-state index contributed by atoms with van der Waals surface area (Å²) in [6.07, 6.45) is 1.59. The molecule has 0 spiro atoms. The van der Waals surface area contributed by atoms with E-state index in [4.69, 9.17) is 5.73 Å². The lowest BCUT2D eigenvalue weighted by molar-refractivity contribution is -0.118. The van der Waals surface area contributed by atoms with Gasteiger partial charge in [-0.1, -0.05) is 30.3 Å². The van der Waals surface area contributed by atoms with Gasteiger partial charge in [-0.2, -0.15) is 5.10 Å². The Kier molecular flexibility index (Phi) is 3.99. The first-order chi connectivity index (χ1) is 9.58. The van der Waals surface area contributed by atoms with Crippen molar-refractivity contribution in [3.05, 3.63) is 47.7 Å². The Labute approximate surface area is 115 Å². The summed E-state index contributed by atoms with van der Waals surface area (Å²) < 4.78 is 0. The molecule has 20 heavy (non-hydrogen) atoms. The number of hydrogen-bond donors (Lipinski definition) is 4. The van der Waals surface area contributed by atoms with Crippen molar-refractivity contribution in [2.24, 2.45) is 5.73 Å². The number of carbonyl (C=O) groups is 2. The number of aryl methyl sites for hydroxylation is 1. The van der Waals surface area contributed by atoms with Crippen molar-refractivity contribution in [1.82, 2.24) is 15.5 Å². The number of anilines is 1. The number of aromatic amines is 1. The van der Waals surface area contributed by atoms with Gasteiger partial charge in [0, 0.05) is 5.56 Å². The molecule has 0 fully saturated rings. The number of nitrogens with zero attached hydrogens (tertiary/aromatic N) is 1. The molecule has 0 aliphatic carbocycles. The van der Waals surface area contributed by atoms with Crippen molar-refractivity contribution < 1.29 is 9.59 Å². The van der Waals surface area contributed by atoms with Crippen LogP contribution < -0.4 is 16.4 Å². The van der Waals surface area contributed by atoms with Gasteiger partial charge >= 0.3 is 6.03 Å². The summed E-state index contributed by atoms with van der Waals surface area (Å²) in [5.74, 6) is 0.0875. The summed E-state index contributed by atoms with van der Waals surface area (Å²) >= 11 is 0. The van der Waals surface area contributed by atoms with Gasteiger partial charge in [0.25, 0.3) is 5.91 Å². The largest absolute Gasteiger partial charge is 0.352 e. The zero-order chi connectivity index (χ0) is 14.5. The number of nitrogens with one attached hydrogen (secondary N) is 3. The van der Waals surface area contributed by atoms with E-state index in [1.165, 1.54) is 0 Å². The Balaban J connectivity index is 2.21. The lowest BCUT2D eigenvalue weighted by Gasteiger charge is -2.17. The first-order valence-electron chi connectivity index (χ1n) is 5.99. The third kappa shape index (κ3) is 3.14. The molecule has 0 saturated carbocycles. The number of benzene rings is 1. The minimum atomic E-state index is -0.864. The number of carbonyl (C=O) groups excluding carboxylic acids is 2. The van der Waals surface area contributed by atoms with E-state index in [1.807, 2.05) is 6.07 Å². The quantitative estimate of drug-likeness (QED) is 0.668. The summed E-state index contributed by atoms with van der Waals surface area (Å²) in [6.45, 7) is 1.80. The molecular formula is C13H15N5O2. The summed E-state index contributed by atoms with van der Waals surface area (Å²) in [7, 11) is 0. The van der Waals surface area contributed by atoms with Crippen LogP contribution in [0.5, 0.6) is 0 Å².